The van der Waals surface area contributed by atoms with Gasteiger partial charge in [-0.05, 0) is 19.1 Å². The summed E-state index contributed by atoms with van der Waals surface area (Å²) < 4.78 is 44.4. The molecule has 0 amide bonds. The van der Waals surface area contributed by atoms with Gasteiger partial charge in [0.15, 0.2) is 0 Å². The molecule has 0 spiro atoms. The van der Waals surface area contributed by atoms with Crippen LogP contribution in [-0.2, 0) is 23.3 Å². The predicted octanol–water partition coefficient (Wildman–Crippen LogP) is 2.01. The summed E-state index contributed by atoms with van der Waals surface area (Å²) in [6.45, 7) is 4.17. The largest absolute Gasteiger partial charge is 0.500 e. The fourth-order valence-corrected chi connectivity index (χ4v) is 5.68. The first kappa shape index (κ1) is 24.2. The highest BCUT2D eigenvalue weighted by Gasteiger charge is 2.37. The number of hydrogen-bond acceptors (Lipinski definition) is 5. The van der Waals surface area contributed by atoms with Gasteiger partial charge >= 0.3 is 8.80 Å². The Kier molecular flexibility index (Phi) is 9.56. The molecule has 1 N–H and O–H groups in total. The zero-order valence-electron chi connectivity index (χ0n) is 17.4. The van der Waals surface area contributed by atoms with Crippen LogP contribution in [0.1, 0.15) is 18.4 Å². The van der Waals surface area contributed by atoms with Crippen LogP contribution in [-0.4, -0.2) is 76.8 Å². The van der Waals surface area contributed by atoms with Crippen molar-refractivity contribution in [1.29, 1.82) is 0 Å². The van der Waals surface area contributed by atoms with E-state index in [2.05, 4.69) is 18.8 Å². The molecule has 0 bridgehead atoms. The average Bonchev–Trinajstić information content (AvgIpc) is 2.63. The summed E-state index contributed by atoms with van der Waals surface area (Å²) in [5.41, 5.74) is 1.04. The third kappa shape index (κ3) is 7.98. The first-order chi connectivity index (χ1) is 12.6. The number of quaternary nitrogens is 1. The summed E-state index contributed by atoms with van der Waals surface area (Å²) in [4.78, 5) is 0.307. The Hall–Kier alpha value is -0.813. The standard InChI is InChI=1S/C18H35N2O5SSi/c1-17-9-11-18(12-10-17)26(21,22)19-13-7-14-20(2,3)15-8-16-27(23-4,24-5)25-6/h9-12,19H,7-8,13-16H2,1-6H3/q+1. The molecule has 1 aromatic carbocycles. The van der Waals surface area contributed by atoms with Crippen LogP contribution in [0.4, 0.5) is 0 Å². The molecule has 1 aromatic rings. The normalized spacial score (nSPS) is 13.1. The molecule has 156 valence electrons. The molecule has 0 aliphatic carbocycles. The lowest BCUT2D eigenvalue weighted by Gasteiger charge is -2.31. The summed E-state index contributed by atoms with van der Waals surface area (Å²) in [5.74, 6) is 0. The summed E-state index contributed by atoms with van der Waals surface area (Å²) >= 11 is 0. The van der Waals surface area contributed by atoms with Crippen molar-refractivity contribution in [2.24, 2.45) is 0 Å². The SMILES string of the molecule is CO[Si](CCC[N+](C)(C)CCCNS(=O)(=O)c1ccc(C)cc1)(OC)OC. The van der Waals surface area contributed by atoms with E-state index in [1.165, 1.54) is 0 Å². The maximum Gasteiger partial charge on any atom is 0.500 e. The van der Waals surface area contributed by atoms with Crippen molar-refractivity contribution in [3.63, 3.8) is 0 Å². The Morgan fingerprint density at radius 2 is 1.48 bits per heavy atom. The zero-order valence-corrected chi connectivity index (χ0v) is 19.3. The molecule has 0 saturated carbocycles. The molecule has 0 fully saturated rings. The smallest absolute Gasteiger partial charge is 0.377 e. The predicted molar refractivity (Wildman–Crippen MR) is 109 cm³/mol. The van der Waals surface area contributed by atoms with Crippen LogP contribution < -0.4 is 4.72 Å². The quantitative estimate of drug-likeness (QED) is 0.301. The molecule has 0 atom stereocenters. The van der Waals surface area contributed by atoms with Gasteiger partial charge in [-0.15, -0.1) is 0 Å². The molecule has 0 unspecified atom stereocenters. The average molecular weight is 420 g/mol. The summed E-state index contributed by atoms with van der Waals surface area (Å²) in [7, 11) is 3.19. The second-order valence-corrected chi connectivity index (χ2v) is 12.2. The van der Waals surface area contributed by atoms with Gasteiger partial charge in [-0.25, -0.2) is 13.1 Å². The van der Waals surface area contributed by atoms with Gasteiger partial charge in [0.1, 0.15) is 0 Å². The minimum atomic E-state index is -3.44. The number of sulfonamides is 1. The second kappa shape index (κ2) is 10.7. The summed E-state index contributed by atoms with van der Waals surface area (Å²) in [6.07, 6.45) is 1.68. The Labute approximate surface area is 165 Å². The second-order valence-electron chi connectivity index (χ2n) is 7.35. The van der Waals surface area contributed by atoms with E-state index >= 15 is 0 Å². The first-order valence-corrected chi connectivity index (χ1v) is 12.5. The molecule has 0 aliphatic heterocycles. The van der Waals surface area contributed by atoms with Gasteiger partial charge in [0, 0.05) is 46.8 Å². The van der Waals surface area contributed by atoms with Gasteiger partial charge in [0.25, 0.3) is 0 Å². The van der Waals surface area contributed by atoms with Crippen molar-refractivity contribution >= 4 is 18.8 Å². The molecule has 0 aliphatic rings. The van der Waals surface area contributed by atoms with Gasteiger partial charge in [0.2, 0.25) is 10.0 Å². The highest BCUT2D eigenvalue weighted by molar-refractivity contribution is 7.89. The Balaban J connectivity index is 2.40. The number of aryl methyl sites for hydroxylation is 1. The minimum absolute atomic E-state index is 0.307. The van der Waals surface area contributed by atoms with E-state index in [1.807, 2.05) is 6.92 Å². The third-order valence-corrected chi connectivity index (χ3v) is 9.05. The minimum Gasteiger partial charge on any atom is -0.377 e. The van der Waals surface area contributed by atoms with Crippen molar-refractivity contribution in [2.45, 2.75) is 30.7 Å². The fraction of sp³-hybridized carbons (Fsp3) is 0.667. The van der Waals surface area contributed by atoms with E-state index in [0.717, 1.165) is 42.0 Å². The molecule has 27 heavy (non-hydrogen) atoms. The van der Waals surface area contributed by atoms with Crippen molar-refractivity contribution in [3.8, 4) is 0 Å². The summed E-state index contributed by atoms with van der Waals surface area (Å²) in [5, 5.41) is 0. The van der Waals surface area contributed by atoms with Crippen LogP contribution in [0.15, 0.2) is 29.2 Å². The van der Waals surface area contributed by atoms with Crippen molar-refractivity contribution < 1.29 is 26.2 Å². The van der Waals surface area contributed by atoms with Crippen LogP contribution >= 0.6 is 0 Å². The number of nitrogens with one attached hydrogen (secondary N) is 1. The number of hydrogen-bond donors (Lipinski definition) is 1. The van der Waals surface area contributed by atoms with Gasteiger partial charge in [-0.3, -0.25) is 0 Å². The molecule has 0 aromatic heterocycles. The number of rotatable bonds is 13. The highest BCUT2D eigenvalue weighted by Crippen LogP contribution is 2.16. The third-order valence-electron chi connectivity index (χ3n) is 4.74. The fourth-order valence-electron chi connectivity index (χ4n) is 2.91. The van der Waals surface area contributed by atoms with Crippen molar-refractivity contribution in [1.82, 2.24) is 4.72 Å². The number of benzene rings is 1. The van der Waals surface area contributed by atoms with E-state index in [9.17, 15) is 8.42 Å². The van der Waals surface area contributed by atoms with E-state index in [4.69, 9.17) is 13.3 Å². The van der Waals surface area contributed by atoms with Gasteiger partial charge in [-0.2, -0.15) is 0 Å². The van der Waals surface area contributed by atoms with E-state index in [-0.39, 0.29) is 0 Å². The molecule has 0 saturated heterocycles. The Morgan fingerprint density at radius 3 is 2.00 bits per heavy atom. The topological polar surface area (TPSA) is 73.9 Å². The van der Waals surface area contributed by atoms with Crippen molar-refractivity contribution in [2.75, 3.05) is 55.1 Å². The molecular formula is C18H35N2O5SSi+. The zero-order chi connectivity index (χ0) is 20.6. The lowest BCUT2D eigenvalue weighted by Crippen LogP contribution is -2.46. The summed E-state index contributed by atoms with van der Waals surface area (Å²) in [6, 6.07) is 7.64. The van der Waals surface area contributed by atoms with Crippen LogP contribution in [0.5, 0.6) is 0 Å². The molecule has 7 nitrogen and oxygen atoms in total. The molecule has 1 rings (SSSR count). The van der Waals surface area contributed by atoms with Gasteiger partial charge in [0.05, 0.1) is 32.1 Å². The van der Waals surface area contributed by atoms with Gasteiger partial charge < -0.3 is 17.8 Å². The van der Waals surface area contributed by atoms with Crippen LogP contribution in [0.25, 0.3) is 0 Å². The van der Waals surface area contributed by atoms with E-state index < -0.39 is 18.8 Å². The van der Waals surface area contributed by atoms with E-state index in [1.54, 1.807) is 45.6 Å². The van der Waals surface area contributed by atoms with Gasteiger partial charge in [-0.1, -0.05) is 17.7 Å². The van der Waals surface area contributed by atoms with Crippen LogP contribution in [0.2, 0.25) is 6.04 Å². The van der Waals surface area contributed by atoms with Crippen LogP contribution in [0.3, 0.4) is 0 Å². The lowest BCUT2D eigenvalue weighted by molar-refractivity contribution is -0.890. The van der Waals surface area contributed by atoms with E-state index in [0.29, 0.717) is 11.4 Å². The highest BCUT2D eigenvalue weighted by atomic mass is 32.2. The maximum absolute atomic E-state index is 12.3. The first-order valence-electron chi connectivity index (χ1n) is 9.13. The van der Waals surface area contributed by atoms with Crippen LogP contribution in [0, 0.1) is 6.92 Å². The monoisotopic (exact) mass is 419 g/mol. The molecule has 0 heterocycles. The maximum atomic E-state index is 12.3. The molecular weight excluding hydrogens is 384 g/mol. The Bertz CT molecular complexity index is 653. The lowest BCUT2D eigenvalue weighted by atomic mass is 10.2. The van der Waals surface area contributed by atoms with Crippen molar-refractivity contribution in [3.05, 3.63) is 29.8 Å². The molecule has 0 radical (unpaired) electrons. The Morgan fingerprint density at radius 1 is 0.963 bits per heavy atom. The molecule has 9 heteroatoms. The number of nitrogens with zero attached hydrogens (tertiary/aromatic N) is 1.